The average molecular weight is 667 g/mol. The molecule has 50 heavy (non-hydrogen) atoms. The van der Waals surface area contributed by atoms with E-state index in [0.717, 1.165) is 58.4 Å². The van der Waals surface area contributed by atoms with Crippen LogP contribution < -0.4 is 0 Å². The van der Waals surface area contributed by atoms with E-state index in [-0.39, 0.29) is 23.5 Å². The van der Waals surface area contributed by atoms with Crippen molar-refractivity contribution in [2.24, 2.45) is 0 Å². The third kappa shape index (κ3) is 4.37. The van der Waals surface area contributed by atoms with Gasteiger partial charge in [0.1, 0.15) is 5.82 Å². The molecular weight excluding hydrogens is 625 g/mol. The predicted octanol–water partition coefficient (Wildman–Crippen LogP) is 13.3. The van der Waals surface area contributed by atoms with Crippen molar-refractivity contribution in [3.63, 3.8) is 0 Å². The van der Waals surface area contributed by atoms with Gasteiger partial charge in [-0.05, 0) is 85.8 Å². The number of imidazole rings is 1. The molecule has 0 unspecified atom stereocenters. The highest BCUT2D eigenvalue weighted by Gasteiger charge is 2.23. The minimum absolute atomic E-state index is 0.0876. The zero-order valence-electron chi connectivity index (χ0n) is 36.5. The van der Waals surface area contributed by atoms with Gasteiger partial charge >= 0.3 is 0 Å². The fourth-order valence-electron chi connectivity index (χ4n) is 7.53. The quantitative estimate of drug-likeness (QED) is 0.167. The van der Waals surface area contributed by atoms with E-state index >= 15 is 0 Å². The topological polar surface area (TPSA) is 17.8 Å². The van der Waals surface area contributed by atoms with E-state index in [1.54, 1.807) is 40.2 Å². The van der Waals surface area contributed by atoms with Crippen LogP contribution in [0.3, 0.4) is 0 Å². The Morgan fingerprint density at radius 2 is 1.30 bits per heavy atom. The van der Waals surface area contributed by atoms with Gasteiger partial charge in [-0.25, -0.2) is 4.98 Å². The lowest BCUT2D eigenvalue weighted by Gasteiger charge is -2.21. The highest BCUT2D eigenvalue weighted by Crippen LogP contribution is 2.49. The van der Waals surface area contributed by atoms with Crippen molar-refractivity contribution < 1.29 is 13.7 Å². The molecule has 236 valence electrons. The third-order valence-electron chi connectivity index (χ3n) is 9.57. The molecule has 2 heterocycles. The van der Waals surface area contributed by atoms with Gasteiger partial charge in [0.2, 0.25) is 0 Å². The van der Waals surface area contributed by atoms with Gasteiger partial charge in [0.15, 0.2) is 0 Å². The standard InChI is InChI=1S/C47H32N2S/c1-2-44-48-39-22-10-12-24-41(39)49(44)40-23-11-8-19-35(40)45-32-17-6-7-18-33(32)46(38-29-31(27-28-34(38)45)30-15-4-3-5-16-30)37-21-14-26-43-47(37)36-20-9-13-25-42(36)50-43/h3-29H,2H2,1H3/i1D3,2D2,3D,4D,5D,15D,16D. The molecule has 0 saturated carbocycles. The van der Waals surface area contributed by atoms with Crippen LogP contribution in [0.5, 0.6) is 0 Å². The van der Waals surface area contributed by atoms with Crippen LogP contribution in [0.4, 0.5) is 0 Å². The van der Waals surface area contributed by atoms with Gasteiger partial charge in [0.05, 0.1) is 23.6 Å². The van der Waals surface area contributed by atoms with E-state index in [2.05, 4.69) is 35.3 Å². The zero-order chi connectivity index (χ0) is 41.8. The number of hydrogen-bond donors (Lipinski definition) is 0. The normalized spacial score (nSPS) is 15.2. The molecule has 0 aliphatic rings. The Balaban J connectivity index is 1.38. The fraction of sp³-hybridized carbons (Fsp3) is 0.0426. The molecule has 0 saturated heterocycles. The molecule has 0 aliphatic carbocycles. The van der Waals surface area contributed by atoms with Gasteiger partial charge in [-0.3, -0.25) is 4.57 Å². The van der Waals surface area contributed by atoms with Crippen molar-refractivity contribution in [2.45, 2.75) is 13.2 Å². The second-order valence-electron chi connectivity index (χ2n) is 12.2. The summed E-state index contributed by atoms with van der Waals surface area (Å²) in [4.78, 5) is 4.62. The predicted molar refractivity (Wildman–Crippen MR) is 215 cm³/mol. The number of thiophene rings is 1. The number of benzene rings is 8. The summed E-state index contributed by atoms with van der Waals surface area (Å²) in [5, 5.41) is 5.50. The number of rotatable bonds is 5. The summed E-state index contributed by atoms with van der Waals surface area (Å²) in [5.74, 6) is -0.249. The lowest BCUT2D eigenvalue weighted by Crippen LogP contribution is -2.03. The maximum absolute atomic E-state index is 8.95. The monoisotopic (exact) mass is 666 g/mol. The molecule has 10 aromatic rings. The molecule has 3 heteroatoms. The highest BCUT2D eigenvalue weighted by atomic mass is 32.1. The SMILES string of the molecule is [2H]c1c([2H])c([2H])c(-c2ccc3c(-c4ccccc4-n4c(C([2H])([2H])C([2H])([2H])[2H])nc5ccccc54)c4ccccc4c(-c4cccc5sc6ccccc6c45)c3c2)c([2H])c1[2H]. The van der Waals surface area contributed by atoms with E-state index in [0.29, 0.717) is 27.8 Å². The number of hydrogen-bond acceptors (Lipinski definition) is 2. The van der Waals surface area contributed by atoms with Gasteiger partial charge < -0.3 is 0 Å². The summed E-state index contributed by atoms with van der Waals surface area (Å²) < 4.78 is 89.6. The van der Waals surface area contributed by atoms with Gasteiger partial charge in [0.25, 0.3) is 0 Å². The Hall–Kier alpha value is -6.03. The minimum atomic E-state index is -3.03. The maximum Gasteiger partial charge on any atom is 0.114 e. The summed E-state index contributed by atoms with van der Waals surface area (Å²) in [5.41, 5.74) is 5.39. The van der Waals surface area contributed by atoms with Gasteiger partial charge in [-0.2, -0.15) is 0 Å². The number of aryl methyl sites for hydroxylation is 1. The van der Waals surface area contributed by atoms with Gasteiger partial charge in [-0.15, -0.1) is 11.3 Å². The minimum Gasteiger partial charge on any atom is -0.296 e. The second kappa shape index (κ2) is 11.5. The molecule has 0 spiro atoms. The smallest absolute Gasteiger partial charge is 0.114 e. The van der Waals surface area contributed by atoms with Crippen molar-refractivity contribution in [2.75, 3.05) is 0 Å². The van der Waals surface area contributed by atoms with E-state index in [1.165, 1.54) is 0 Å². The van der Waals surface area contributed by atoms with Crippen molar-refractivity contribution in [3.05, 3.63) is 169 Å². The molecule has 0 N–H and O–H groups in total. The van der Waals surface area contributed by atoms with Crippen LogP contribution >= 0.6 is 11.3 Å². The molecule has 0 aliphatic heterocycles. The summed E-state index contributed by atoms with van der Waals surface area (Å²) in [6.07, 6.45) is -2.83. The molecule has 2 nitrogen and oxygen atoms in total. The fourth-order valence-corrected chi connectivity index (χ4v) is 8.66. The lowest BCUT2D eigenvalue weighted by molar-refractivity contribution is 0.909. The molecule has 0 fully saturated rings. The van der Waals surface area contributed by atoms with E-state index in [1.807, 2.05) is 78.9 Å². The Morgan fingerprint density at radius 3 is 2.16 bits per heavy atom. The molecule has 0 radical (unpaired) electrons. The van der Waals surface area contributed by atoms with Crippen LogP contribution in [0.2, 0.25) is 0 Å². The Morgan fingerprint density at radius 1 is 0.620 bits per heavy atom. The number of aromatic nitrogens is 2. The van der Waals surface area contributed by atoms with Crippen LogP contribution in [-0.2, 0) is 6.37 Å². The number of fused-ring (bicyclic) bond motifs is 6. The molecule has 10 rings (SSSR count). The first-order valence-electron chi connectivity index (χ1n) is 21.3. The summed E-state index contributed by atoms with van der Waals surface area (Å²) in [7, 11) is 0. The molecule has 8 aromatic carbocycles. The van der Waals surface area contributed by atoms with Crippen molar-refractivity contribution in [1.82, 2.24) is 9.55 Å². The van der Waals surface area contributed by atoms with Crippen LogP contribution in [0.15, 0.2) is 164 Å². The van der Waals surface area contributed by atoms with Crippen molar-refractivity contribution in [1.29, 1.82) is 0 Å². The van der Waals surface area contributed by atoms with E-state index < -0.39 is 31.4 Å². The number of nitrogens with zero attached hydrogens (tertiary/aromatic N) is 2. The third-order valence-corrected chi connectivity index (χ3v) is 10.7. The molecule has 0 atom stereocenters. The van der Waals surface area contributed by atoms with Crippen LogP contribution in [0.25, 0.3) is 91.8 Å². The Bertz CT molecular complexity index is 3390. The summed E-state index contributed by atoms with van der Waals surface area (Å²) >= 11 is 1.71. The highest BCUT2D eigenvalue weighted by molar-refractivity contribution is 7.25. The molecule has 0 bridgehead atoms. The molecule has 0 amide bonds. The van der Waals surface area contributed by atoms with Crippen LogP contribution in [-0.4, -0.2) is 9.55 Å². The molecular formula is C47H32N2S. The Labute approximate surface area is 308 Å². The summed E-state index contributed by atoms with van der Waals surface area (Å²) in [6, 6.07) is 41.0. The van der Waals surface area contributed by atoms with Crippen LogP contribution in [0, 0.1) is 0 Å². The first-order valence-corrected chi connectivity index (χ1v) is 17.1. The van der Waals surface area contributed by atoms with Crippen molar-refractivity contribution >= 4 is 64.1 Å². The first-order chi connectivity index (χ1) is 28.8. The molecule has 2 aromatic heterocycles. The maximum atomic E-state index is 8.95. The van der Waals surface area contributed by atoms with Crippen LogP contribution in [0.1, 0.15) is 26.4 Å². The summed E-state index contributed by atoms with van der Waals surface area (Å²) in [6.45, 7) is -3.03. The Kier molecular flexibility index (Phi) is 4.73. The lowest BCUT2D eigenvalue weighted by atomic mass is 9.83. The van der Waals surface area contributed by atoms with E-state index in [9.17, 15) is 0 Å². The largest absolute Gasteiger partial charge is 0.296 e. The first kappa shape index (κ1) is 20.5. The number of para-hydroxylation sites is 3. The van der Waals surface area contributed by atoms with Crippen molar-refractivity contribution in [3.8, 4) is 39.1 Å². The average Bonchev–Trinajstić information content (AvgIpc) is 3.83. The van der Waals surface area contributed by atoms with Gasteiger partial charge in [-0.1, -0.05) is 134 Å². The zero-order valence-corrected chi connectivity index (χ0v) is 27.3. The van der Waals surface area contributed by atoms with Gasteiger partial charge in [0, 0.05) is 39.0 Å². The second-order valence-corrected chi connectivity index (χ2v) is 13.3. The van der Waals surface area contributed by atoms with E-state index in [4.69, 9.17) is 13.7 Å².